The third-order valence-electron chi connectivity index (χ3n) is 4.53. The summed E-state index contributed by atoms with van der Waals surface area (Å²) >= 11 is 0. The van der Waals surface area contributed by atoms with Crippen molar-refractivity contribution in [3.8, 4) is 5.75 Å². The van der Waals surface area contributed by atoms with E-state index in [1.807, 2.05) is 13.8 Å². The molecule has 2 N–H and O–H groups in total. The zero-order valence-electron chi connectivity index (χ0n) is 20.5. The summed E-state index contributed by atoms with van der Waals surface area (Å²) in [4.78, 5) is 41.5. The molecule has 0 bridgehead atoms. The van der Waals surface area contributed by atoms with Gasteiger partial charge in [-0.1, -0.05) is 0 Å². The first-order chi connectivity index (χ1) is 14.7. The van der Waals surface area contributed by atoms with E-state index in [2.05, 4.69) is 15.6 Å². The van der Waals surface area contributed by atoms with Gasteiger partial charge in [0.15, 0.2) is 5.78 Å². The normalized spacial score (nSPS) is 12.6. The molecule has 0 aliphatic heterocycles. The summed E-state index contributed by atoms with van der Waals surface area (Å²) in [6.07, 6.45) is 0.242. The largest absolute Gasteiger partial charge is 0.486 e. The highest BCUT2D eigenvalue weighted by Crippen LogP contribution is 2.14. The molecule has 1 atom stereocenters. The summed E-state index contributed by atoms with van der Waals surface area (Å²) in [5.41, 5.74) is -0.115. The molecule has 1 unspecified atom stereocenters. The van der Waals surface area contributed by atoms with Crippen LogP contribution in [0, 0.1) is 13.8 Å². The van der Waals surface area contributed by atoms with Gasteiger partial charge in [0, 0.05) is 37.2 Å². The number of methoxy groups -OCH3 is 1. The molecule has 1 heterocycles. The fraction of sp³-hybridized carbons (Fsp3) is 0.652. The van der Waals surface area contributed by atoms with Gasteiger partial charge in [-0.25, -0.2) is 4.79 Å². The van der Waals surface area contributed by atoms with Crippen LogP contribution in [0.2, 0.25) is 0 Å². The molecule has 0 aromatic carbocycles. The predicted octanol–water partition coefficient (Wildman–Crippen LogP) is 2.86. The van der Waals surface area contributed by atoms with Crippen LogP contribution in [0.15, 0.2) is 12.1 Å². The number of aromatic nitrogens is 1. The summed E-state index contributed by atoms with van der Waals surface area (Å²) < 4.78 is 16.0. The molecular weight excluding hydrogens is 414 g/mol. The lowest BCUT2D eigenvalue weighted by Gasteiger charge is -2.26. The summed E-state index contributed by atoms with van der Waals surface area (Å²) in [5, 5.41) is 5.39. The van der Waals surface area contributed by atoms with Crippen molar-refractivity contribution in [3.05, 3.63) is 23.5 Å². The van der Waals surface area contributed by atoms with Gasteiger partial charge >= 0.3 is 6.09 Å². The molecule has 1 aromatic heterocycles. The van der Waals surface area contributed by atoms with E-state index < -0.39 is 29.2 Å². The quantitative estimate of drug-likeness (QED) is 0.497. The number of nitrogens with zero attached hydrogens (tertiary/aromatic N) is 1. The molecule has 0 fully saturated rings. The smallest absolute Gasteiger partial charge is 0.407 e. The molecule has 1 aromatic rings. The zero-order valence-corrected chi connectivity index (χ0v) is 20.5. The van der Waals surface area contributed by atoms with Gasteiger partial charge < -0.3 is 24.8 Å². The fourth-order valence-corrected chi connectivity index (χ4v) is 2.68. The second-order valence-corrected chi connectivity index (χ2v) is 9.15. The van der Waals surface area contributed by atoms with Crippen LogP contribution >= 0.6 is 0 Å². The van der Waals surface area contributed by atoms with Crippen molar-refractivity contribution in [1.82, 2.24) is 15.6 Å². The minimum absolute atomic E-state index is 0.208. The molecule has 0 saturated carbocycles. The highest BCUT2D eigenvalue weighted by Gasteiger charge is 2.31. The number of hydrogen-bond acceptors (Lipinski definition) is 7. The van der Waals surface area contributed by atoms with E-state index in [0.29, 0.717) is 25.1 Å². The molecule has 9 nitrogen and oxygen atoms in total. The number of carbonyl (C=O) groups excluding carboxylic acids is 3. The van der Waals surface area contributed by atoms with E-state index in [0.717, 1.165) is 11.4 Å². The molecule has 180 valence electrons. The number of rotatable bonds is 11. The number of hydrogen-bond donors (Lipinski definition) is 2. The average molecular weight is 452 g/mol. The van der Waals surface area contributed by atoms with E-state index >= 15 is 0 Å². The van der Waals surface area contributed by atoms with E-state index in [-0.39, 0.29) is 12.4 Å². The van der Waals surface area contributed by atoms with Gasteiger partial charge in [0.05, 0.1) is 6.04 Å². The third kappa shape index (κ3) is 10.1. The number of Topliss-reactive ketones (excluding diaryl/α,β-unsaturated/α-hetero) is 1. The number of ether oxygens (including phenoxy) is 3. The molecule has 2 amide bonds. The van der Waals surface area contributed by atoms with Crippen molar-refractivity contribution in [2.45, 2.75) is 78.6 Å². The first kappa shape index (κ1) is 27.4. The Balaban J connectivity index is 2.73. The van der Waals surface area contributed by atoms with Crippen molar-refractivity contribution in [1.29, 1.82) is 0 Å². The standard InChI is InChI=1S/C23H37N3O6/c1-15-12-17(13-16(2)25-15)31-14-19(27)18(26-20(28)23(6,7)30-8)10-9-11-24-21(29)32-22(3,4)5/h12-13,18H,9-11,14H2,1-8H3,(H,24,29)(H,26,28). The van der Waals surface area contributed by atoms with Crippen molar-refractivity contribution < 1.29 is 28.6 Å². The first-order valence-corrected chi connectivity index (χ1v) is 10.7. The Morgan fingerprint density at radius 3 is 2.19 bits per heavy atom. The molecule has 32 heavy (non-hydrogen) atoms. The monoisotopic (exact) mass is 451 g/mol. The Morgan fingerprint density at radius 1 is 1.06 bits per heavy atom. The topological polar surface area (TPSA) is 116 Å². The Hall–Kier alpha value is -2.68. The number of ketones is 1. The summed E-state index contributed by atoms with van der Waals surface area (Å²) in [7, 11) is 1.43. The average Bonchev–Trinajstić information content (AvgIpc) is 2.66. The molecule has 0 aliphatic carbocycles. The van der Waals surface area contributed by atoms with Crippen molar-refractivity contribution in [2.75, 3.05) is 20.3 Å². The molecule has 0 aliphatic rings. The Labute approximate surface area is 190 Å². The lowest BCUT2D eigenvalue weighted by molar-refractivity contribution is -0.142. The van der Waals surface area contributed by atoms with E-state index in [1.165, 1.54) is 7.11 Å². The molecule has 9 heteroatoms. The van der Waals surface area contributed by atoms with Crippen LogP contribution in [0.1, 0.15) is 58.8 Å². The number of alkyl carbamates (subject to hydrolysis) is 1. The van der Waals surface area contributed by atoms with Crippen LogP contribution in [0.3, 0.4) is 0 Å². The van der Waals surface area contributed by atoms with Crippen LogP contribution in [0.25, 0.3) is 0 Å². The summed E-state index contributed by atoms with van der Waals surface area (Å²) in [6, 6.07) is 2.70. The van der Waals surface area contributed by atoms with E-state index in [4.69, 9.17) is 14.2 Å². The second-order valence-electron chi connectivity index (χ2n) is 9.15. The number of aryl methyl sites for hydroxylation is 2. The zero-order chi connectivity index (χ0) is 24.5. The number of carbonyl (C=O) groups is 3. The van der Waals surface area contributed by atoms with Crippen LogP contribution in [0.5, 0.6) is 5.75 Å². The van der Waals surface area contributed by atoms with Crippen molar-refractivity contribution >= 4 is 17.8 Å². The van der Waals surface area contributed by atoms with E-state index in [1.54, 1.807) is 46.8 Å². The van der Waals surface area contributed by atoms with Crippen LogP contribution in [0.4, 0.5) is 4.79 Å². The van der Waals surface area contributed by atoms with Gasteiger partial charge in [-0.2, -0.15) is 0 Å². The van der Waals surface area contributed by atoms with Gasteiger partial charge in [0.1, 0.15) is 23.6 Å². The Kier molecular flexibility index (Phi) is 10.1. The van der Waals surface area contributed by atoms with Crippen molar-refractivity contribution in [3.63, 3.8) is 0 Å². The van der Waals surface area contributed by atoms with Gasteiger partial charge in [-0.15, -0.1) is 0 Å². The maximum Gasteiger partial charge on any atom is 0.407 e. The van der Waals surface area contributed by atoms with Crippen LogP contribution in [-0.2, 0) is 19.1 Å². The molecular formula is C23H37N3O6. The van der Waals surface area contributed by atoms with Gasteiger partial charge in [-0.05, 0) is 61.3 Å². The predicted molar refractivity (Wildman–Crippen MR) is 121 cm³/mol. The van der Waals surface area contributed by atoms with Gasteiger partial charge in [0.25, 0.3) is 5.91 Å². The Bertz CT molecular complexity index is 781. The highest BCUT2D eigenvalue weighted by atomic mass is 16.6. The SMILES string of the molecule is COC(C)(C)C(=O)NC(CCCNC(=O)OC(C)(C)C)C(=O)COc1cc(C)nc(C)c1. The fourth-order valence-electron chi connectivity index (χ4n) is 2.68. The minimum atomic E-state index is -1.09. The third-order valence-corrected chi connectivity index (χ3v) is 4.53. The number of pyridine rings is 1. The first-order valence-electron chi connectivity index (χ1n) is 10.7. The number of nitrogens with one attached hydrogen (secondary N) is 2. The summed E-state index contributed by atoms with van der Waals surface area (Å²) in [6.45, 7) is 12.3. The Morgan fingerprint density at radius 2 is 1.66 bits per heavy atom. The van der Waals surface area contributed by atoms with Gasteiger partial charge in [-0.3, -0.25) is 14.6 Å². The van der Waals surface area contributed by atoms with Gasteiger partial charge in [0.2, 0.25) is 0 Å². The molecule has 0 spiro atoms. The maximum atomic E-state index is 12.8. The van der Waals surface area contributed by atoms with Crippen molar-refractivity contribution in [2.24, 2.45) is 0 Å². The van der Waals surface area contributed by atoms with Crippen LogP contribution in [-0.4, -0.2) is 60.3 Å². The second kappa shape index (κ2) is 11.8. The van der Waals surface area contributed by atoms with Crippen LogP contribution < -0.4 is 15.4 Å². The maximum absolute atomic E-state index is 12.8. The number of amides is 2. The molecule has 0 radical (unpaired) electrons. The lowest BCUT2D eigenvalue weighted by Crippen LogP contribution is -2.51. The molecule has 0 saturated heterocycles. The summed E-state index contributed by atoms with van der Waals surface area (Å²) in [5.74, 6) is -0.152. The minimum Gasteiger partial charge on any atom is -0.486 e. The van der Waals surface area contributed by atoms with E-state index in [9.17, 15) is 14.4 Å². The lowest BCUT2D eigenvalue weighted by atomic mass is 10.0. The molecule has 1 rings (SSSR count). The highest BCUT2D eigenvalue weighted by molar-refractivity contribution is 5.92.